The van der Waals surface area contributed by atoms with Crippen LogP contribution in [0.1, 0.15) is 335 Å². The molecule has 0 rings (SSSR count). The van der Waals surface area contributed by atoms with Gasteiger partial charge in [-0.25, -0.2) is 0 Å². The van der Waals surface area contributed by atoms with Crippen molar-refractivity contribution in [3.63, 3.8) is 0 Å². The Labute approximate surface area is 508 Å². The Hall–Kier alpha value is -3.93. The zero-order valence-corrected chi connectivity index (χ0v) is 54.0. The maximum Gasteiger partial charge on any atom is 0.306 e. The summed E-state index contributed by atoms with van der Waals surface area (Å²) in [6.07, 6.45) is 95.5. The fraction of sp³-hybridized carbons (Fsp3) is 0.724. The van der Waals surface area contributed by atoms with Crippen molar-refractivity contribution in [3.8, 4) is 0 Å². The van der Waals surface area contributed by atoms with E-state index < -0.39 is 6.10 Å². The summed E-state index contributed by atoms with van der Waals surface area (Å²) in [5.74, 6) is -0.883. The summed E-state index contributed by atoms with van der Waals surface area (Å²) in [5.41, 5.74) is 0. The van der Waals surface area contributed by atoms with E-state index in [1.54, 1.807) is 0 Å². The van der Waals surface area contributed by atoms with Gasteiger partial charge in [-0.3, -0.25) is 14.4 Å². The quantitative estimate of drug-likeness (QED) is 0.0261. The number of hydrogen-bond acceptors (Lipinski definition) is 6. The van der Waals surface area contributed by atoms with Gasteiger partial charge in [-0.15, -0.1) is 0 Å². The number of esters is 3. The number of rotatable bonds is 63. The SMILES string of the molecule is CC/C=C\C/C=C\C/C=C\C/C=C\C/C=C\C/C=C\CCCCCCCCCCCCCCCCC(=O)OCC(COC(=O)CCCCCCCCCCCC)OC(=O)CCCCCCCC/C=C\C/C=C\C/C=C\CCCCCCC. The molecule has 0 spiro atoms. The number of ether oxygens (including phenoxy) is 3. The molecule has 0 aromatic carbocycles. The summed E-state index contributed by atoms with van der Waals surface area (Å²) in [6, 6.07) is 0. The highest BCUT2D eigenvalue weighted by atomic mass is 16.6. The molecule has 0 heterocycles. The van der Waals surface area contributed by atoms with Crippen LogP contribution >= 0.6 is 0 Å². The number of allylic oxidation sites excluding steroid dienone is 18. The van der Waals surface area contributed by atoms with Crippen molar-refractivity contribution in [2.75, 3.05) is 13.2 Å². The summed E-state index contributed by atoms with van der Waals surface area (Å²) >= 11 is 0. The van der Waals surface area contributed by atoms with Gasteiger partial charge in [0.25, 0.3) is 0 Å². The van der Waals surface area contributed by atoms with Crippen LogP contribution in [0.4, 0.5) is 0 Å². The van der Waals surface area contributed by atoms with E-state index in [9.17, 15) is 14.4 Å². The molecule has 6 heteroatoms. The molecular weight excluding hydrogens is 1010 g/mol. The molecule has 0 aliphatic rings. The minimum atomic E-state index is -0.784. The van der Waals surface area contributed by atoms with Crippen LogP contribution in [0.2, 0.25) is 0 Å². The second kappa shape index (κ2) is 69.6. The molecule has 0 saturated carbocycles. The zero-order valence-electron chi connectivity index (χ0n) is 54.0. The van der Waals surface area contributed by atoms with Crippen LogP contribution in [0.15, 0.2) is 109 Å². The normalized spacial score (nSPS) is 12.8. The molecular formula is C76H130O6. The van der Waals surface area contributed by atoms with Gasteiger partial charge in [-0.2, -0.15) is 0 Å². The van der Waals surface area contributed by atoms with Crippen LogP contribution < -0.4 is 0 Å². The average Bonchev–Trinajstić information content (AvgIpc) is 3.48. The van der Waals surface area contributed by atoms with Crippen molar-refractivity contribution in [1.82, 2.24) is 0 Å². The monoisotopic (exact) mass is 1140 g/mol. The highest BCUT2D eigenvalue weighted by Gasteiger charge is 2.19. The summed E-state index contributed by atoms with van der Waals surface area (Å²) in [5, 5.41) is 0. The maximum atomic E-state index is 12.9. The predicted molar refractivity (Wildman–Crippen MR) is 357 cm³/mol. The van der Waals surface area contributed by atoms with Crippen molar-refractivity contribution < 1.29 is 28.6 Å². The van der Waals surface area contributed by atoms with E-state index in [0.717, 1.165) is 122 Å². The molecule has 0 saturated heterocycles. The van der Waals surface area contributed by atoms with Crippen molar-refractivity contribution >= 4 is 17.9 Å². The fourth-order valence-corrected chi connectivity index (χ4v) is 9.81. The molecule has 0 fully saturated rings. The molecule has 0 radical (unpaired) electrons. The van der Waals surface area contributed by atoms with Crippen LogP contribution in [0, 0.1) is 0 Å². The van der Waals surface area contributed by atoms with Gasteiger partial charge in [-0.05, 0) is 109 Å². The highest BCUT2D eigenvalue weighted by molar-refractivity contribution is 5.71. The number of carbonyl (C=O) groups excluding carboxylic acids is 3. The second-order valence-electron chi connectivity index (χ2n) is 23.1. The smallest absolute Gasteiger partial charge is 0.306 e. The third kappa shape index (κ3) is 66.9. The fourth-order valence-electron chi connectivity index (χ4n) is 9.81. The average molecular weight is 1140 g/mol. The number of hydrogen-bond donors (Lipinski definition) is 0. The Morgan fingerprint density at radius 3 is 0.744 bits per heavy atom. The van der Waals surface area contributed by atoms with Crippen molar-refractivity contribution in [2.45, 2.75) is 341 Å². The molecule has 1 unspecified atom stereocenters. The molecule has 82 heavy (non-hydrogen) atoms. The molecule has 0 aliphatic heterocycles. The lowest BCUT2D eigenvalue weighted by Crippen LogP contribution is -2.30. The molecule has 0 aromatic rings. The van der Waals surface area contributed by atoms with Crippen LogP contribution in [0.5, 0.6) is 0 Å². The standard InChI is InChI=1S/C76H130O6/c1-4-7-10-13-16-19-22-24-26-28-30-32-33-34-35-36-37-38-39-40-41-42-43-45-46-48-50-52-54-57-60-63-66-69-75(78)81-72-73(71-80-74(77)68-65-62-59-56-21-18-15-12-9-6-3)82-76(79)70-67-64-61-58-55-53-51-49-47-44-31-29-27-25-23-20-17-14-11-8-5-2/h7,10,16,19,23-26,29-32,34-35,37-38,47,49,73H,4-6,8-9,11-15,17-18,20-22,27-28,33,36,39-46,48,50-72H2,1-3H3/b10-7-,19-16-,25-23-,26-24-,31-29-,32-30-,35-34-,38-37-,49-47-. The Morgan fingerprint density at radius 1 is 0.256 bits per heavy atom. The van der Waals surface area contributed by atoms with E-state index in [2.05, 4.69) is 130 Å². The third-order valence-corrected chi connectivity index (χ3v) is 15.0. The first-order valence-electron chi connectivity index (χ1n) is 34.9. The predicted octanol–water partition coefficient (Wildman–Crippen LogP) is 24.2. The van der Waals surface area contributed by atoms with Gasteiger partial charge >= 0.3 is 17.9 Å². The van der Waals surface area contributed by atoms with Gasteiger partial charge in [0.15, 0.2) is 6.10 Å². The Balaban J connectivity index is 4.18. The largest absolute Gasteiger partial charge is 0.462 e. The minimum Gasteiger partial charge on any atom is -0.462 e. The molecule has 0 amide bonds. The van der Waals surface area contributed by atoms with Gasteiger partial charge in [0, 0.05) is 19.3 Å². The Bertz CT molecular complexity index is 1640. The molecule has 0 bridgehead atoms. The molecule has 0 N–H and O–H groups in total. The lowest BCUT2D eigenvalue weighted by Gasteiger charge is -2.18. The van der Waals surface area contributed by atoms with Crippen LogP contribution in [0.25, 0.3) is 0 Å². The Morgan fingerprint density at radius 2 is 0.476 bits per heavy atom. The first-order valence-corrected chi connectivity index (χ1v) is 34.9. The first-order chi connectivity index (χ1) is 40.5. The zero-order chi connectivity index (χ0) is 59.2. The number of unbranched alkanes of at least 4 members (excludes halogenated alkanes) is 34. The topological polar surface area (TPSA) is 78.9 Å². The van der Waals surface area contributed by atoms with Crippen LogP contribution in [0.3, 0.4) is 0 Å². The van der Waals surface area contributed by atoms with E-state index in [1.807, 2.05) is 0 Å². The van der Waals surface area contributed by atoms with Crippen LogP contribution in [-0.2, 0) is 28.6 Å². The number of carbonyl (C=O) groups is 3. The lowest BCUT2D eigenvalue weighted by atomic mass is 10.0. The first kappa shape index (κ1) is 78.1. The van der Waals surface area contributed by atoms with Gasteiger partial charge in [0.1, 0.15) is 13.2 Å². The minimum absolute atomic E-state index is 0.0800. The van der Waals surface area contributed by atoms with E-state index >= 15 is 0 Å². The highest BCUT2D eigenvalue weighted by Crippen LogP contribution is 2.17. The summed E-state index contributed by atoms with van der Waals surface area (Å²) in [4.78, 5) is 38.3. The van der Waals surface area contributed by atoms with E-state index in [4.69, 9.17) is 14.2 Å². The second-order valence-corrected chi connectivity index (χ2v) is 23.1. The Kier molecular flexibility index (Phi) is 66.2. The maximum absolute atomic E-state index is 12.9. The van der Waals surface area contributed by atoms with Gasteiger partial charge in [0.2, 0.25) is 0 Å². The van der Waals surface area contributed by atoms with E-state index in [-0.39, 0.29) is 31.1 Å². The lowest BCUT2D eigenvalue weighted by molar-refractivity contribution is -0.167. The van der Waals surface area contributed by atoms with Crippen LogP contribution in [-0.4, -0.2) is 37.2 Å². The van der Waals surface area contributed by atoms with Gasteiger partial charge in [-0.1, -0.05) is 316 Å². The molecule has 6 nitrogen and oxygen atoms in total. The van der Waals surface area contributed by atoms with Gasteiger partial charge < -0.3 is 14.2 Å². The van der Waals surface area contributed by atoms with Crippen molar-refractivity contribution in [3.05, 3.63) is 109 Å². The molecule has 0 aromatic heterocycles. The molecule has 0 aliphatic carbocycles. The van der Waals surface area contributed by atoms with E-state index in [1.165, 1.54) is 173 Å². The summed E-state index contributed by atoms with van der Waals surface area (Å²) in [6.45, 7) is 6.52. The van der Waals surface area contributed by atoms with Crippen molar-refractivity contribution in [2.24, 2.45) is 0 Å². The third-order valence-electron chi connectivity index (χ3n) is 15.0. The molecule has 470 valence electrons. The van der Waals surface area contributed by atoms with Gasteiger partial charge in [0.05, 0.1) is 0 Å². The van der Waals surface area contributed by atoms with E-state index in [0.29, 0.717) is 19.3 Å². The molecule has 1 atom stereocenters. The summed E-state index contributed by atoms with van der Waals surface area (Å²) < 4.78 is 16.9. The summed E-state index contributed by atoms with van der Waals surface area (Å²) in [7, 11) is 0. The van der Waals surface area contributed by atoms with Crippen molar-refractivity contribution in [1.29, 1.82) is 0 Å².